The number of hydrogen-bond acceptors (Lipinski definition) is 4. The molecule has 0 aliphatic carbocycles. The molecule has 0 aliphatic heterocycles. The van der Waals surface area contributed by atoms with E-state index in [-0.39, 0.29) is 17.9 Å². The molecule has 28 heavy (non-hydrogen) atoms. The quantitative estimate of drug-likeness (QED) is 0.629. The van der Waals surface area contributed by atoms with E-state index in [1.807, 2.05) is 56.9 Å². The Morgan fingerprint density at radius 3 is 2.32 bits per heavy atom. The Morgan fingerprint density at radius 1 is 1.07 bits per heavy atom. The van der Waals surface area contributed by atoms with Gasteiger partial charge in [0.15, 0.2) is 0 Å². The Hall–Kier alpha value is -2.82. The predicted octanol–water partition coefficient (Wildman–Crippen LogP) is 4.99. The molecule has 2 heterocycles. The van der Waals surface area contributed by atoms with Gasteiger partial charge in [-0.2, -0.15) is 0 Å². The van der Waals surface area contributed by atoms with Crippen molar-refractivity contribution in [3.05, 3.63) is 53.6 Å². The predicted molar refractivity (Wildman–Crippen MR) is 113 cm³/mol. The van der Waals surface area contributed by atoms with Crippen molar-refractivity contribution >= 4 is 16.8 Å². The van der Waals surface area contributed by atoms with Crippen LogP contribution < -0.4 is 0 Å². The average Bonchev–Trinajstić information content (AvgIpc) is 2.67. The first-order chi connectivity index (χ1) is 13.3. The van der Waals surface area contributed by atoms with Gasteiger partial charge in [0, 0.05) is 41.8 Å². The third-order valence-corrected chi connectivity index (χ3v) is 4.90. The Bertz CT molecular complexity index is 993. The van der Waals surface area contributed by atoms with E-state index in [1.165, 1.54) is 0 Å². The molecule has 1 amide bonds. The van der Waals surface area contributed by atoms with Gasteiger partial charge >= 0.3 is 0 Å². The molecular formula is C23H28N4O. The van der Waals surface area contributed by atoms with Gasteiger partial charge in [-0.25, -0.2) is 15.0 Å². The number of pyridine rings is 1. The van der Waals surface area contributed by atoms with Crippen molar-refractivity contribution in [3.8, 4) is 11.3 Å². The molecule has 0 saturated carbocycles. The molecule has 0 radical (unpaired) electrons. The maximum atomic E-state index is 13.3. The van der Waals surface area contributed by atoms with Crippen LogP contribution >= 0.6 is 0 Å². The third kappa shape index (κ3) is 3.88. The Labute approximate surface area is 166 Å². The third-order valence-electron chi connectivity index (χ3n) is 4.90. The van der Waals surface area contributed by atoms with Crippen LogP contribution in [0.25, 0.3) is 22.2 Å². The molecule has 5 heteroatoms. The summed E-state index contributed by atoms with van der Waals surface area (Å²) >= 11 is 0. The number of hydrogen-bond donors (Lipinski definition) is 0. The molecule has 5 nitrogen and oxygen atoms in total. The zero-order chi connectivity index (χ0) is 20.4. The van der Waals surface area contributed by atoms with Crippen LogP contribution in [0.15, 0.2) is 36.7 Å². The summed E-state index contributed by atoms with van der Waals surface area (Å²) in [5, 5.41) is 0.873. The van der Waals surface area contributed by atoms with Gasteiger partial charge in [-0.1, -0.05) is 26.0 Å². The summed E-state index contributed by atoms with van der Waals surface area (Å²) in [6.45, 7) is 12.9. The molecule has 2 aromatic heterocycles. The molecule has 0 bridgehead atoms. The Morgan fingerprint density at radius 2 is 1.75 bits per heavy atom. The van der Waals surface area contributed by atoms with Crippen molar-refractivity contribution in [1.29, 1.82) is 0 Å². The van der Waals surface area contributed by atoms with Crippen LogP contribution in [0.3, 0.4) is 0 Å². The van der Waals surface area contributed by atoms with Crippen molar-refractivity contribution in [2.75, 3.05) is 6.54 Å². The van der Waals surface area contributed by atoms with Crippen LogP contribution in [0.5, 0.6) is 0 Å². The number of fused-ring (bicyclic) bond motifs is 1. The fraction of sp³-hybridized carbons (Fsp3) is 0.391. The summed E-state index contributed by atoms with van der Waals surface area (Å²) < 4.78 is 0. The number of rotatable bonds is 5. The van der Waals surface area contributed by atoms with Crippen molar-refractivity contribution in [2.45, 2.75) is 53.5 Å². The minimum Gasteiger partial charge on any atom is -0.336 e. The second kappa shape index (κ2) is 8.05. The first-order valence-electron chi connectivity index (χ1n) is 9.86. The normalized spacial score (nSPS) is 11.4. The number of benzene rings is 1. The fourth-order valence-electron chi connectivity index (χ4n) is 3.33. The number of carbonyl (C=O) groups excluding carboxylic acids is 1. The molecule has 0 N–H and O–H groups in total. The molecule has 0 saturated heterocycles. The molecule has 3 aromatic rings. The van der Waals surface area contributed by atoms with Crippen LogP contribution in [0.1, 0.15) is 62.3 Å². The zero-order valence-electron chi connectivity index (χ0n) is 17.5. The largest absolute Gasteiger partial charge is 0.336 e. The molecule has 0 spiro atoms. The first-order valence-corrected chi connectivity index (χ1v) is 9.86. The van der Waals surface area contributed by atoms with Gasteiger partial charge in [-0.3, -0.25) is 4.79 Å². The van der Waals surface area contributed by atoms with Crippen molar-refractivity contribution in [1.82, 2.24) is 19.9 Å². The highest BCUT2D eigenvalue weighted by atomic mass is 16.2. The lowest BCUT2D eigenvalue weighted by Gasteiger charge is -2.26. The summed E-state index contributed by atoms with van der Waals surface area (Å²) in [7, 11) is 0. The lowest BCUT2D eigenvalue weighted by atomic mass is 10.0. The van der Waals surface area contributed by atoms with E-state index >= 15 is 0 Å². The van der Waals surface area contributed by atoms with E-state index in [0.717, 1.165) is 33.5 Å². The van der Waals surface area contributed by atoms with Crippen LogP contribution in [0, 0.1) is 6.92 Å². The molecule has 0 aliphatic rings. The topological polar surface area (TPSA) is 59.0 Å². The number of amides is 1. The standard InChI is InChI=1S/C23H28N4O/c1-7-27(15(4)5)23(28)19-11-20(17-12-24-22(14(2)3)25-13-17)26-21-10-16(6)8-9-18(19)21/h8-15H,7H2,1-6H3. The van der Waals surface area contributed by atoms with Gasteiger partial charge in [0.1, 0.15) is 5.82 Å². The van der Waals surface area contributed by atoms with E-state index in [9.17, 15) is 4.79 Å². The first kappa shape index (κ1) is 19.9. The fourth-order valence-corrected chi connectivity index (χ4v) is 3.33. The number of aryl methyl sites for hydroxylation is 1. The maximum Gasteiger partial charge on any atom is 0.254 e. The van der Waals surface area contributed by atoms with Crippen molar-refractivity contribution < 1.29 is 4.79 Å². The average molecular weight is 377 g/mol. The maximum absolute atomic E-state index is 13.3. The molecule has 3 rings (SSSR count). The van der Waals surface area contributed by atoms with Crippen molar-refractivity contribution in [2.24, 2.45) is 0 Å². The highest BCUT2D eigenvalue weighted by molar-refractivity contribution is 6.07. The summed E-state index contributed by atoms with van der Waals surface area (Å²) in [5.74, 6) is 1.09. The lowest BCUT2D eigenvalue weighted by molar-refractivity contribution is 0.0719. The Kier molecular flexibility index (Phi) is 5.73. The monoisotopic (exact) mass is 376 g/mol. The Balaban J connectivity index is 2.18. The van der Waals surface area contributed by atoms with Gasteiger partial charge in [0.05, 0.1) is 16.8 Å². The summed E-state index contributed by atoms with van der Waals surface area (Å²) in [6.07, 6.45) is 3.58. The van der Waals surface area contributed by atoms with Gasteiger partial charge in [-0.15, -0.1) is 0 Å². The van der Waals surface area contributed by atoms with E-state index in [1.54, 1.807) is 12.4 Å². The minimum atomic E-state index is 0.0229. The van der Waals surface area contributed by atoms with Gasteiger partial charge in [-0.05, 0) is 45.4 Å². The van der Waals surface area contributed by atoms with Gasteiger partial charge < -0.3 is 4.90 Å². The van der Waals surface area contributed by atoms with Crippen molar-refractivity contribution in [3.63, 3.8) is 0 Å². The van der Waals surface area contributed by atoms with Gasteiger partial charge in [0.25, 0.3) is 5.91 Å². The molecule has 0 unspecified atom stereocenters. The molecular weight excluding hydrogens is 348 g/mol. The summed E-state index contributed by atoms with van der Waals surface area (Å²) in [6, 6.07) is 8.03. The van der Waals surface area contributed by atoms with E-state index in [4.69, 9.17) is 4.98 Å². The van der Waals surface area contributed by atoms with Crippen LogP contribution in [0.4, 0.5) is 0 Å². The summed E-state index contributed by atoms with van der Waals surface area (Å²) in [4.78, 5) is 28.9. The minimum absolute atomic E-state index is 0.0229. The highest BCUT2D eigenvalue weighted by Gasteiger charge is 2.21. The van der Waals surface area contributed by atoms with Crippen LogP contribution in [-0.2, 0) is 0 Å². The van der Waals surface area contributed by atoms with Crippen LogP contribution in [-0.4, -0.2) is 38.3 Å². The molecule has 1 aromatic carbocycles. The second-order valence-corrected chi connectivity index (χ2v) is 7.75. The molecule has 0 fully saturated rings. The smallest absolute Gasteiger partial charge is 0.254 e. The molecule has 146 valence electrons. The lowest BCUT2D eigenvalue weighted by Crippen LogP contribution is -2.36. The number of aromatic nitrogens is 3. The van der Waals surface area contributed by atoms with E-state index in [2.05, 4.69) is 23.8 Å². The second-order valence-electron chi connectivity index (χ2n) is 7.75. The SMILES string of the molecule is CCN(C(=O)c1cc(-c2cnc(C(C)C)nc2)nc2cc(C)ccc12)C(C)C. The highest BCUT2D eigenvalue weighted by Crippen LogP contribution is 2.27. The van der Waals surface area contributed by atoms with E-state index < -0.39 is 0 Å². The number of nitrogens with zero attached hydrogens (tertiary/aromatic N) is 4. The van der Waals surface area contributed by atoms with Crippen LogP contribution in [0.2, 0.25) is 0 Å². The molecule has 0 atom stereocenters. The number of carbonyl (C=O) groups is 1. The van der Waals surface area contributed by atoms with E-state index in [0.29, 0.717) is 12.1 Å². The van der Waals surface area contributed by atoms with Gasteiger partial charge in [0.2, 0.25) is 0 Å². The summed E-state index contributed by atoms with van der Waals surface area (Å²) in [5.41, 5.74) is 4.13. The zero-order valence-corrected chi connectivity index (χ0v) is 17.5.